The molecule has 0 amide bonds. The van der Waals surface area contributed by atoms with Gasteiger partial charge in [-0.2, -0.15) is 0 Å². The first-order valence-corrected chi connectivity index (χ1v) is 4.75. The summed E-state index contributed by atoms with van der Waals surface area (Å²) in [5, 5.41) is 0. The lowest BCUT2D eigenvalue weighted by Gasteiger charge is -1.92. The summed E-state index contributed by atoms with van der Waals surface area (Å²) in [4.78, 5) is 0. The summed E-state index contributed by atoms with van der Waals surface area (Å²) >= 11 is 0. The summed E-state index contributed by atoms with van der Waals surface area (Å²) in [5.41, 5.74) is 7.58. The van der Waals surface area contributed by atoms with Crippen LogP contribution in [0.25, 0.3) is 0 Å². The van der Waals surface area contributed by atoms with Crippen molar-refractivity contribution in [2.24, 2.45) is 0 Å². The van der Waals surface area contributed by atoms with Crippen LogP contribution in [-0.2, 0) is 0 Å². The van der Waals surface area contributed by atoms with E-state index in [0.717, 1.165) is 0 Å². The van der Waals surface area contributed by atoms with E-state index >= 15 is 0 Å². The van der Waals surface area contributed by atoms with Gasteiger partial charge in [-0.1, -0.05) is 30.3 Å². The van der Waals surface area contributed by atoms with Crippen molar-refractivity contribution in [3.63, 3.8) is 0 Å². The van der Waals surface area contributed by atoms with Crippen molar-refractivity contribution in [1.29, 1.82) is 0 Å². The zero-order valence-electron chi connectivity index (χ0n) is 8.17. The molecule has 0 N–H and O–H groups in total. The Kier molecular flexibility index (Phi) is 2.08. The number of benzene rings is 1. The molecule has 1 atom stereocenters. The number of rotatable bonds is 1. The second kappa shape index (κ2) is 3.24. The van der Waals surface area contributed by atoms with Crippen molar-refractivity contribution in [2.45, 2.75) is 26.2 Å². The molecule has 0 aliphatic heterocycles. The first-order valence-electron chi connectivity index (χ1n) is 4.75. The molecular formula is C13H14. The minimum atomic E-state index is 0.663. The standard InChI is InChI=1S/C13H14/c1-10(2)8-12-9-13(12)11-6-4-3-5-7-11/h3-7,13H,9H2,1-2H3. The third-order valence-corrected chi connectivity index (χ3v) is 2.30. The Bertz CT molecular complexity index is 360. The lowest BCUT2D eigenvalue weighted by atomic mass is 10.1. The molecule has 13 heavy (non-hydrogen) atoms. The molecule has 0 spiro atoms. The molecule has 1 saturated carbocycles. The lowest BCUT2D eigenvalue weighted by Crippen LogP contribution is -1.75. The van der Waals surface area contributed by atoms with Crippen molar-refractivity contribution < 1.29 is 0 Å². The van der Waals surface area contributed by atoms with Gasteiger partial charge in [-0.15, -0.1) is 5.73 Å². The van der Waals surface area contributed by atoms with E-state index in [-0.39, 0.29) is 0 Å². The van der Waals surface area contributed by atoms with Crippen molar-refractivity contribution >= 4 is 0 Å². The molecule has 0 heterocycles. The predicted octanol–water partition coefficient (Wildman–Crippen LogP) is 3.67. The number of hydrogen-bond donors (Lipinski definition) is 0. The van der Waals surface area contributed by atoms with Crippen LogP contribution in [0.4, 0.5) is 0 Å². The number of hydrogen-bond acceptors (Lipinski definition) is 0. The molecular weight excluding hydrogens is 156 g/mol. The van der Waals surface area contributed by atoms with Crippen LogP contribution in [0.1, 0.15) is 31.7 Å². The smallest absolute Gasteiger partial charge is 0.0168 e. The molecule has 0 radical (unpaired) electrons. The quantitative estimate of drug-likeness (QED) is 0.564. The zero-order chi connectivity index (χ0) is 9.26. The number of allylic oxidation sites excluding steroid dienone is 1. The average Bonchev–Trinajstić information content (AvgIpc) is 2.84. The first-order chi connectivity index (χ1) is 6.27. The molecule has 2 rings (SSSR count). The fraction of sp³-hybridized carbons (Fsp3) is 0.308. The largest absolute Gasteiger partial charge is 0.123 e. The molecule has 0 bridgehead atoms. The highest BCUT2D eigenvalue weighted by atomic mass is 14.3. The minimum Gasteiger partial charge on any atom is -0.123 e. The van der Waals surface area contributed by atoms with Crippen LogP contribution in [0.3, 0.4) is 0 Å². The lowest BCUT2D eigenvalue weighted by molar-refractivity contribution is 1.16. The summed E-state index contributed by atoms with van der Waals surface area (Å²) in [6, 6.07) is 10.7. The zero-order valence-corrected chi connectivity index (χ0v) is 8.17. The molecule has 0 aromatic heterocycles. The van der Waals surface area contributed by atoms with Gasteiger partial charge in [0, 0.05) is 5.92 Å². The molecule has 0 saturated heterocycles. The second-order valence-electron chi connectivity index (χ2n) is 3.82. The Balaban J connectivity index is 2.22. The monoisotopic (exact) mass is 170 g/mol. The average molecular weight is 170 g/mol. The Morgan fingerprint density at radius 2 is 1.92 bits per heavy atom. The van der Waals surface area contributed by atoms with E-state index in [1.54, 1.807) is 0 Å². The van der Waals surface area contributed by atoms with Gasteiger partial charge in [0.25, 0.3) is 0 Å². The van der Waals surface area contributed by atoms with Crippen molar-refractivity contribution in [1.82, 2.24) is 0 Å². The van der Waals surface area contributed by atoms with Gasteiger partial charge in [-0.25, -0.2) is 0 Å². The highest BCUT2D eigenvalue weighted by molar-refractivity contribution is 5.40. The predicted molar refractivity (Wildman–Crippen MR) is 55.7 cm³/mol. The van der Waals surface area contributed by atoms with Gasteiger partial charge in [0.05, 0.1) is 0 Å². The molecule has 1 fully saturated rings. The van der Waals surface area contributed by atoms with Crippen LogP contribution >= 0.6 is 0 Å². The van der Waals surface area contributed by atoms with E-state index < -0.39 is 0 Å². The van der Waals surface area contributed by atoms with Gasteiger partial charge >= 0.3 is 0 Å². The molecule has 1 aromatic rings. The van der Waals surface area contributed by atoms with Gasteiger partial charge < -0.3 is 0 Å². The van der Waals surface area contributed by atoms with Crippen molar-refractivity contribution in [3.8, 4) is 0 Å². The third kappa shape index (κ3) is 1.91. The summed E-state index contributed by atoms with van der Waals surface area (Å²) in [5.74, 6) is 0.663. The summed E-state index contributed by atoms with van der Waals surface area (Å²) < 4.78 is 0. The molecule has 0 nitrogen and oxygen atoms in total. The Morgan fingerprint density at radius 1 is 1.23 bits per heavy atom. The van der Waals surface area contributed by atoms with Gasteiger partial charge in [0.1, 0.15) is 0 Å². The molecule has 1 aliphatic rings. The van der Waals surface area contributed by atoms with E-state index in [0.29, 0.717) is 5.92 Å². The van der Waals surface area contributed by atoms with Crippen LogP contribution in [0.2, 0.25) is 0 Å². The molecule has 1 aliphatic carbocycles. The minimum absolute atomic E-state index is 0.663. The van der Waals surface area contributed by atoms with Crippen LogP contribution in [0.5, 0.6) is 0 Å². The van der Waals surface area contributed by atoms with Crippen LogP contribution in [0.15, 0.2) is 47.2 Å². The fourth-order valence-corrected chi connectivity index (χ4v) is 1.62. The Hall–Kier alpha value is -1.26. The normalized spacial score (nSPS) is 19.5. The summed E-state index contributed by atoms with van der Waals surface area (Å²) in [6.07, 6.45) is 1.20. The maximum absolute atomic E-state index is 3.40. The summed E-state index contributed by atoms with van der Waals surface area (Å²) in [6.45, 7) is 4.21. The van der Waals surface area contributed by atoms with Gasteiger partial charge in [-0.05, 0) is 37.0 Å². The highest BCUT2D eigenvalue weighted by Crippen LogP contribution is 2.46. The second-order valence-corrected chi connectivity index (χ2v) is 3.82. The summed E-state index contributed by atoms with van der Waals surface area (Å²) in [7, 11) is 0. The van der Waals surface area contributed by atoms with Crippen molar-refractivity contribution in [2.75, 3.05) is 0 Å². The van der Waals surface area contributed by atoms with E-state index in [1.807, 2.05) is 0 Å². The molecule has 1 aromatic carbocycles. The first kappa shape index (κ1) is 8.34. The Morgan fingerprint density at radius 3 is 2.54 bits per heavy atom. The SMILES string of the molecule is CC(C)=C=C1CC1c1ccccc1. The molecule has 66 valence electrons. The van der Waals surface area contributed by atoms with Gasteiger partial charge in [0.2, 0.25) is 0 Å². The van der Waals surface area contributed by atoms with E-state index in [1.165, 1.54) is 23.1 Å². The van der Waals surface area contributed by atoms with E-state index in [9.17, 15) is 0 Å². The van der Waals surface area contributed by atoms with Crippen LogP contribution < -0.4 is 0 Å². The van der Waals surface area contributed by atoms with Crippen LogP contribution in [-0.4, -0.2) is 0 Å². The van der Waals surface area contributed by atoms with Gasteiger partial charge in [-0.3, -0.25) is 0 Å². The third-order valence-electron chi connectivity index (χ3n) is 2.30. The molecule has 1 unspecified atom stereocenters. The fourth-order valence-electron chi connectivity index (χ4n) is 1.62. The van der Waals surface area contributed by atoms with Crippen molar-refractivity contribution in [3.05, 3.63) is 52.8 Å². The van der Waals surface area contributed by atoms with E-state index in [4.69, 9.17) is 0 Å². The maximum Gasteiger partial charge on any atom is 0.0168 e. The maximum atomic E-state index is 3.40. The van der Waals surface area contributed by atoms with E-state index in [2.05, 4.69) is 49.9 Å². The molecule has 0 heteroatoms. The van der Waals surface area contributed by atoms with Gasteiger partial charge in [0.15, 0.2) is 0 Å². The highest BCUT2D eigenvalue weighted by Gasteiger charge is 2.30. The topological polar surface area (TPSA) is 0 Å². The Labute approximate surface area is 79.6 Å². The van der Waals surface area contributed by atoms with Crippen LogP contribution in [0, 0.1) is 0 Å².